The molecule has 3 rings (SSSR count). The maximum absolute atomic E-state index is 12.9. The van der Waals surface area contributed by atoms with Gasteiger partial charge in [0.1, 0.15) is 0 Å². The summed E-state index contributed by atoms with van der Waals surface area (Å²) >= 11 is 0. The summed E-state index contributed by atoms with van der Waals surface area (Å²) in [5.74, 6) is 1.19. The summed E-state index contributed by atoms with van der Waals surface area (Å²) in [6.45, 7) is 1.45. The predicted octanol–water partition coefficient (Wildman–Crippen LogP) is 2.85. The quantitative estimate of drug-likeness (QED) is 0.461. The fourth-order valence-corrected chi connectivity index (χ4v) is 3.98. The van der Waals surface area contributed by atoms with E-state index in [0.29, 0.717) is 30.1 Å². The Labute approximate surface area is 166 Å². The molecular formula is C20H27NO6S. The lowest BCUT2D eigenvalue weighted by Crippen LogP contribution is -2.33. The molecular weight excluding hydrogens is 382 g/mol. The molecule has 0 unspecified atom stereocenters. The number of amides is 1. The van der Waals surface area contributed by atoms with Crippen LogP contribution in [0.1, 0.15) is 48.0 Å². The van der Waals surface area contributed by atoms with Crippen LogP contribution in [0.15, 0.2) is 18.2 Å². The van der Waals surface area contributed by atoms with E-state index in [1.165, 1.54) is 0 Å². The normalized spacial score (nSPS) is 18.6. The number of fused-ring (bicyclic) bond motifs is 2. The number of ether oxygens (including phenoxy) is 2. The fourth-order valence-electron chi connectivity index (χ4n) is 3.56. The molecule has 2 aliphatic heterocycles. The summed E-state index contributed by atoms with van der Waals surface area (Å²) < 4.78 is 37.8. The molecule has 1 atom stereocenters. The molecule has 0 spiro atoms. The van der Waals surface area contributed by atoms with E-state index in [0.717, 1.165) is 44.0 Å². The Balaban J connectivity index is 1.60. The minimum Gasteiger partial charge on any atom is -0.493 e. The molecule has 8 heteroatoms. The molecule has 154 valence electrons. The van der Waals surface area contributed by atoms with E-state index in [4.69, 9.17) is 13.7 Å². The summed E-state index contributed by atoms with van der Waals surface area (Å²) in [5, 5.41) is 0. The summed E-state index contributed by atoms with van der Waals surface area (Å²) in [6.07, 6.45) is 9.36. The number of hydrogen-bond acceptors (Lipinski definition) is 6. The monoisotopic (exact) mass is 409 g/mol. The van der Waals surface area contributed by atoms with E-state index >= 15 is 0 Å². The van der Waals surface area contributed by atoms with Crippen LogP contribution in [0, 0.1) is 0 Å². The molecule has 0 aromatic heterocycles. The number of nitrogens with zero attached hydrogens (tertiary/aromatic N) is 1. The first-order chi connectivity index (χ1) is 13.4. The van der Waals surface area contributed by atoms with Gasteiger partial charge in [0.25, 0.3) is 16.0 Å². The van der Waals surface area contributed by atoms with Crippen molar-refractivity contribution in [3.8, 4) is 11.5 Å². The molecule has 1 aromatic carbocycles. The second kappa shape index (κ2) is 8.96. The van der Waals surface area contributed by atoms with Gasteiger partial charge in [-0.15, -0.1) is 0 Å². The van der Waals surface area contributed by atoms with Crippen molar-refractivity contribution in [2.24, 2.45) is 0 Å². The van der Waals surface area contributed by atoms with Crippen molar-refractivity contribution in [1.29, 1.82) is 0 Å². The van der Waals surface area contributed by atoms with Gasteiger partial charge in [0.2, 0.25) is 0 Å². The number of hydrogen-bond donors (Lipinski definition) is 0. The van der Waals surface area contributed by atoms with E-state index in [9.17, 15) is 13.2 Å². The molecule has 0 N–H and O–H groups in total. The van der Waals surface area contributed by atoms with Crippen molar-refractivity contribution in [1.82, 2.24) is 4.90 Å². The van der Waals surface area contributed by atoms with Crippen molar-refractivity contribution in [2.75, 3.05) is 33.1 Å². The third-order valence-electron chi connectivity index (χ3n) is 4.97. The fraction of sp³-hybridized carbons (Fsp3) is 0.550. The molecule has 1 fully saturated rings. The Bertz CT molecular complexity index is 848. The summed E-state index contributed by atoms with van der Waals surface area (Å²) in [4.78, 5) is 14.8. The third-order valence-corrected chi connectivity index (χ3v) is 5.56. The second-order valence-electron chi connectivity index (χ2n) is 7.09. The Kier molecular flexibility index (Phi) is 6.61. The molecule has 7 nitrogen and oxygen atoms in total. The first-order valence-electron chi connectivity index (χ1n) is 9.57. The van der Waals surface area contributed by atoms with Crippen molar-refractivity contribution in [3.05, 3.63) is 29.3 Å². The number of benzene rings is 1. The highest BCUT2D eigenvalue weighted by atomic mass is 32.2. The first-order valence-corrected chi connectivity index (χ1v) is 11.4. The van der Waals surface area contributed by atoms with E-state index in [1.54, 1.807) is 13.2 Å². The predicted molar refractivity (Wildman–Crippen MR) is 106 cm³/mol. The molecule has 1 amide bonds. The van der Waals surface area contributed by atoms with Gasteiger partial charge in [-0.3, -0.25) is 8.98 Å². The maximum atomic E-state index is 12.9. The minimum atomic E-state index is -3.38. The van der Waals surface area contributed by atoms with Crippen LogP contribution < -0.4 is 9.47 Å². The average Bonchev–Trinajstić information content (AvgIpc) is 3.08. The van der Waals surface area contributed by atoms with Crippen molar-refractivity contribution < 1.29 is 26.9 Å². The lowest BCUT2D eigenvalue weighted by molar-refractivity contribution is 0.0763. The number of carbonyl (C=O) groups excluding carboxylic acids is 1. The lowest BCUT2D eigenvalue weighted by Gasteiger charge is -2.21. The molecule has 0 aliphatic carbocycles. The zero-order valence-corrected chi connectivity index (χ0v) is 17.2. The summed E-state index contributed by atoms with van der Waals surface area (Å²) in [5.41, 5.74) is 1.49. The van der Waals surface area contributed by atoms with Gasteiger partial charge in [0, 0.05) is 6.54 Å². The summed E-state index contributed by atoms with van der Waals surface area (Å²) in [7, 11) is -1.81. The van der Waals surface area contributed by atoms with Crippen molar-refractivity contribution in [2.45, 2.75) is 38.1 Å². The van der Waals surface area contributed by atoms with Crippen LogP contribution in [-0.2, 0) is 14.3 Å². The van der Waals surface area contributed by atoms with Gasteiger partial charge in [-0.05, 0) is 49.8 Å². The Morgan fingerprint density at radius 2 is 1.93 bits per heavy atom. The number of unbranched alkanes of at least 4 members (excludes halogenated alkanes) is 2. The molecule has 1 aromatic rings. The van der Waals surface area contributed by atoms with Gasteiger partial charge in [0.15, 0.2) is 11.5 Å². The first kappa shape index (κ1) is 20.7. The molecule has 2 aliphatic rings. The van der Waals surface area contributed by atoms with Crippen LogP contribution in [-0.4, -0.2) is 58.4 Å². The van der Waals surface area contributed by atoms with Crippen LogP contribution in [0.3, 0.4) is 0 Å². The zero-order valence-electron chi connectivity index (χ0n) is 16.3. The van der Waals surface area contributed by atoms with E-state index < -0.39 is 10.1 Å². The van der Waals surface area contributed by atoms with Crippen LogP contribution in [0.2, 0.25) is 0 Å². The average molecular weight is 410 g/mol. The van der Waals surface area contributed by atoms with Gasteiger partial charge in [-0.2, -0.15) is 8.42 Å². The molecule has 0 radical (unpaired) electrons. The standard InChI is InChI=1S/C20H27NO6S/c1-25-18-14-17-15(8-9-16-7-6-10-21(16)20(17)22)13-19(18)26-11-4-3-5-12-27-28(2,23)24/h8-9,13-14,16H,3-7,10-12H2,1-2H3/t16-/m0/s1. The van der Waals surface area contributed by atoms with Crippen LogP contribution >= 0.6 is 0 Å². The highest BCUT2D eigenvalue weighted by Gasteiger charge is 2.31. The lowest BCUT2D eigenvalue weighted by atomic mass is 10.1. The van der Waals surface area contributed by atoms with Gasteiger partial charge in [0.05, 0.1) is 38.2 Å². The van der Waals surface area contributed by atoms with Gasteiger partial charge < -0.3 is 14.4 Å². The van der Waals surface area contributed by atoms with Gasteiger partial charge in [-0.1, -0.05) is 12.2 Å². The largest absolute Gasteiger partial charge is 0.493 e. The Morgan fingerprint density at radius 1 is 1.14 bits per heavy atom. The molecule has 2 heterocycles. The Hall–Kier alpha value is -2.06. The van der Waals surface area contributed by atoms with Crippen LogP contribution in [0.5, 0.6) is 11.5 Å². The topological polar surface area (TPSA) is 82.1 Å². The number of methoxy groups -OCH3 is 1. The van der Waals surface area contributed by atoms with Gasteiger partial charge in [-0.25, -0.2) is 0 Å². The van der Waals surface area contributed by atoms with E-state index in [1.807, 2.05) is 17.0 Å². The third kappa shape index (κ3) is 5.05. The zero-order chi connectivity index (χ0) is 20.1. The van der Waals surface area contributed by atoms with Crippen molar-refractivity contribution >= 4 is 22.1 Å². The van der Waals surface area contributed by atoms with E-state index in [2.05, 4.69) is 6.08 Å². The highest BCUT2D eigenvalue weighted by molar-refractivity contribution is 7.85. The maximum Gasteiger partial charge on any atom is 0.264 e. The highest BCUT2D eigenvalue weighted by Crippen LogP contribution is 2.35. The number of carbonyl (C=O) groups is 1. The molecule has 1 saturated heterocycles. The minimum absolute atomic E-state index is 0.0400. The second-order valence-corrected chi connectivity index (χ2v) is 8.74. The van der Waals surface area contributed by atoms with Gasteiger partial charge >= 0.3 is 0 Å². The molecule has 0 bridgehead atoms. The smallest absolute Gasteiger partial charge is 0.264 e. The van der Waals surface area contributed by atoms with Crippen LogP contribution in [0.4, 0.5) is 0 Å². The van der Waals surface area contributed by atoms with Crippen LogP contribution in [0.25, 0.3) is 6.08 Å². The van der Waals surface area contributed by atoms with E-state index in [-0.39, 0.29) is 18.6 Å². The SMILES string of the molecule is COc1cc2c(cc1OCCCCCOS(C)(=O)=O)C=C[C@@H]1CCCN1C2=O. The Morgan fingerprint density at radius 3 is 2.68 bits per heavy atom. The molecule has 28 heavy (non-hydrogen) atoms. The molecule has 0 saturated carbocycles. The van der Waals surface area contributed by atoms with Crippen molar-refractivity contribution in [3.63, 3.8) is 0 Å². The number of rotatable bonds is 9. The summed E-state index contributed by atoms with van der Waals surface area (Å²) in [6, 6.07) is 3.79.